The van der Waals surface area contributed by atoms with Crippen LogP contribution >= 0.6 is 23.5 Å². The van der Waals surface area contributed by atoms with E-state index in [-0.39, 0.29) is 17.2 Å². The number of amides is 1. The van der Waals surface area contributed by atoms with Crippen molar-refractivity contribution in [2.45, 2.75) is 43.4 Å². The van der Waals surface area contributed by atoms with Crippen molar-refractivity contribution in [3.63, 3.8) is 0 Å². The Morgan fingerprint density at radius 1 is 1.40 bits per heavy atom. The quantitative estimate of drug-likeness (QED) is 0.616. The van der Waals surface area contributed by atoms with Crippen LogP contribution in [0.2, 0.25) is 0 Å². The third kappa shape index (κ3) is 4.10. The molecule has 1 aromatic heterocycles. The van der Waals surface area contributed by atoms with E-state index in [1.807, 2.05) is 25.1 Å². The van der Waals surface area contributed by atoms with E-state index in [9.17, 15) is 9.59 Å². The van der Waals surface area contributed by atoms with Crippen molar-refractivity contribution in [1.29, 1.82) is 0 Å². The van der Waals surface area contributed by atoms with Gasteiger partial charge >= 0.3 is 0 Å². The van der Waals surface area contributed by atoms with Gasteiger partial charge in [-0.1, -0.05) is 43.8 Å². The third-order valence-corrected chi connectivity index (χ3v) is 5.94. The number of aromatic amines is 1. The van der Waals surface area contributed by atoms with Crippen molar-refractivity contribution < 1.29 is 4.79 Å². The molecule has 2 aromatic rings. The first-order chi connectivity index (χ1) is 12.0. The smallest absolute Gasteiger partial charge is 0.255 e. The molecule has 2 heterocycles. The Morgan fingerprint density at radius 2 is 2.20 bits per heavy atom. The summed E-state index contributed by atoms with van der Waals surface area (Å²) in [5.41, 5.74) is 4.58. The van der Waals surface area contributed by atoms with Gasteiger partial charge in [-0.2, -0.15) is 11.8 Å². The number of carbonyl (C=O) groups excluding carboxylic acids is 1. The highest BCUT2D eigenvalue weighted by molar-refractivity contribution is 7.99. The van der Waals surface area contributed by atoms with Gasteiger partial charge in [-0.3, -0.25) is 9.59 Å². The Morgan fingerprint density at radius 3 is 2.96 bits per heavy atom. The summed E-state index contributed by atoms with van der Waals surface area (Å²) in [4.78, 5) is 31.6. The lowest BCUT2D eigenvalue weighted by molar-refractivity contribution is -0.113. The molecule has 1 aliphatic rings. The molecule has 0 spiro atoms. The molecule has 0 saturated carbocycles. The number of nitrogens with one attached hydrogen (secondary N) is 2. The number of hydrogen-bond donors (Lipinski definition) is 2. The number of benzene rings is 1. The van der Waals surface area contributed by atoms with Gasteiger partial charge in [-0.05, 0) is 24.0 Å². The average Bonchev–Trinajstić information content (AvgIpc) is 3.03. The highest BCUT2D eigenvalue weighted by atomic mass is 32.2. The Bertz CT molecular complexity index is 862. The highest BCUT2D eigenvalue weighted by Crippen LogP contribution is 2.28. The van der Waals surface area contributed by atoms with E-state index in [4.69, 9.17) is 0 Å². The summed E-state index contributed by atoms with van der Waals surface area (Å²) in [5, 5.41) is 3.52. The molecule has 1 aliphatic heterocycles. The number of rotatable bonds is 5. The van der Waals surface area contributed by atoms with Crippen LogP contribution in [0.4, 0.5) is 5.69 Å². The Hall–Kier alpha value is -1.73. The number of thioether (sulfide) groups is 2. The summed E-state index contributed by atoms with van der Waals surface area (Å²) in [6.07, 6.45) is 0. The number of hydrogen-bond acceptors (Lipinski definition) is 5. The van der Waals surface area contributed by atoms with E-state index in [1.165, 1.54) is 11.8 Å². The lowest BCUT2D eigenvalue weighted by atomic mass is 9.98. The normalized spacial score (nSPS) is 13.1. The van der Waals surface area contributed by atoms with Crippen molar-refractivity contribution in [3.05, 3.63) is 50.9 Å². The summed E-state index contributed by atoms with van der Waals surface area (Å²) in [7, 11) is 0. The minimum Gasteiger partial charge on any atom is -0.325 e. The maximum atomic E-state index is 12.4. The van der Waals surface area contributed by atoms with Crippen LogP contribution in [-0.4, -0.2) is 21.6 Å². The first-order valence-corrected chi connectivity index (χ1v) is 10.3. The average molecular weight is 376 g/mol. The lowest BCUT2D eigenvalue weighted by Gasteiger charge is -2.16. The van der Waals surface area contributed by atoms with E-state index >= 15 is 0 Å². The van der Waals surface area contributed by atoms with Crippen LogP contribution in [-0.2, 0) is 16.3 Å². The summed E-state index contributed by atoms with van der Waals surface area (Å²) in [6.45, 7) is 6.21. The third-order valence-electron chi connectivity index (χ3n) is 4.10. The fraction of sp³-hybridized carbons (Fsp3) is 0.389. The molecule has 2 N–H and O–H groups in total. The number of nitrogens with zero attached hydrogens (tertiary/aromatic N) is 1. The van der Waals surface area contributed by atoms with E-state index in [0.717, 1.165) is 33.8 Å². The van der Waals surface area contributed by atoms with Gasteiger partial charge in [0.2, 0.25) is 5.91 Å². The number of aryl methyl sites for hydroxylation is 1. The molecule has 0 bridgehead atoms. The first kappa shape index (κ1) is 18.1. The van der Waals surface area contributed by atoms with E-state index < -0.39 is 0 Å². The first-order valence-electron chi connectivity index (χ1n) is 8.17. The van der Waals surface area contributed by atoms with Crippen LogP contribution < -0.4 is 10.9 Å². The Labute approximate surface area is 155 Å². The van der Waals surface area contributed by atoms with Crippen LogP contribution in [0.3, 0.4) is 0 Å². The van der Waals surface area contributed by atoms with Gasteiger partial charge in [0.1, 0.15) is 0 Å². The summed E-state index contributed by atoms with van der Waals surface area (Å²) >= 11 is 2.95. The SMILES string of the molecule is Cc1cccc(C(C)C)c1NC(=O)CSc1nc2c(c(=O)[nH]1)CSC2. The van der Waals surface area contributed by atoms with E-state index in [1.54, 1.807) is 11.8 Å². The maximum absolute atomic E-state index is 12.4. The van der Waals surface area contributed by atoms with Crippen molar-refractivity contribution in [2.24, 2.45) is 0 Å². The van der Waals surface area contributed by atoms with Crippen LogP contribution in [0, 0.1) is 6.92 Å². The predicted molar refractivity (Wildman–Crippen MR) is 104 cm³/mol. The number of aromatic nitrogens is 2. The number of anilines is 1. The molecule has 0 fully saturated rings. The standard InChI is InChI=1S/C18H21N3O2S2/c1-10(2)12-6-4-5-11(3)16(12)20-15(22)9-25-18-19-14-8-24-7-13(14)17(23)21-18/h4-6,10H,7-9H2,1-3H3,(H,20,22)(H,19,21,23). The van der Waals surface area contributed by atoms with Crippen molar-refractivity contribution in [2.75, 3.05) is 11.1 Å². The van der Waals surface area contributed by atoms with Crippen LogP contribution in [0.5, 0.6) is 0 Å². The minimum absolute atomic E-state index is 0.0843. The van der Waals surface area contributed by atoms with Gasteiger partial charge in [-0.25, -0.2) is 4.98 Å². The molecule has 3 rings (SSSR count). The van der Waals surface area contributed by atoms with Crippen molar-refractivity contribution in [3.8, 4) is 0 Å². The molecule has 0 unspecified atom stereocenters. The summed E-state index contributed by atoms with van der Waals surface area (Å²) in [5.74, 6) is 1.92. The largest absolute Gasteiger partial charge is 0.325 e. The molecule has 0 radical (unpaired) electrons. The van der Waals surface area contributed by atoms with Gasteiger partial charge in [-0.15, -0.1) is 0 Å². The zero-order valence-electron chi connectivity index (χ0n) is 14.5. The number of H-pyrrole nitrogens is 1. The molecule has 5 nitrogen and oxygen atoms in total. The lowest BCUT2D eigenvalue weighted by Crippen LogP contribution is -2.18. The Balaban J connectivity index is 1.69. The zero-order valence-corrected chi connectivity index (χ0v) is 16.1. The highest BCUT2D eigenvalue weighted by Gasteiger charge is 2.18. The van der Waals surface area contributed by atoms with E-state index in [2.05, 4.69) is 29.1 Å². The van der Waals surface area contributed by atoms with Gasteiger partial charge in [0.25, 0.3) is 5.56 Å². The molecule has 7 heteroatoms. The summed E-state index contributed by atoms with van der Waals surface area (Å²) < 4.78 is 0. The minimum atomic E-state index is -0.0984. The van der Waals surface area contributed by atoms with E-state index in [0.29, 0.717) is 16.8 Å². The molecular weight excluding hydrogens is 354 g/mol. The van der Waals surface area contributed by atoms with Crippen molar-refractivity contribution in [1.82, 2.24) is 9.97 Å². The molecule has 1 aromatic carbocycles. The second-order valence-electron chi connectivity index (χ2n) is 6.32. The molecular formula is C18H21N3O2S2. The molecule has 25 heavy (non-hydrogen) atoms. The predicted octanol–water partition coefficient (Wildman–Crippen LogP) is 3.68. The van der Waals surface area contributed by atoms with Crippen LogP contribution in [0.1, 0.15) is 42.1 Å². The molecule has 132 valence electrons. The van der Waals surface area contributed by atoms with Crippen LogP contribution in [0.15, 0.2) is 28.2 Å². The Kier molecular flexibility index (Phi) is 5.54. The molecule has 0 aliphatic carbocycles. The summed E-state index contributed by atoms with van der Waals surface area (Å²) in [6, 6.07) is 6.04. The topological polar surface area (TPSA) is 74.8 Å². The van der Waals surface area contributed by atoms with Gasteiger partial charge < -0.3 is 10.3 Å². The van der Waals surface area contributed by atoms with Gasteiger partial charge in [0.05, 0.1) is 11.4 Å². The van der Waals surface area contributed by atoms with Gasteiger partial charge in [0.15, 0.2) is 5.16 Å². The fourth-order valence-corrected chi connectivity index (χ4v) is 4.48. The number of carbonyl (C=O) groups is 1. The second-order valence-corrected chi connectivity index (χ2v) is 8.27. The van der Waals surface area contributed by atoms with Crippen LogP contribution in [0.25, 0.3) is 0 Å². The zero-order chi connectivity index (χ0) is 18.0. The number of fused-ring (bicyclic) bond motifs is 1. The van der Waals surface area contributed by atoms with Gasteiger partial charge in [0, 0.05) is 22.8 Å². The molecule has 1 amide bonds. The molecule has 0 saturated heterocycles. The second kappa shape index (κ2) is 7.66. The molecule has 0 atom stereocenters. The fourth-order valence-electron chi connectivity index (χ4n) is 2.76. The maximum Gasteiger partial charge on any atom is 0.255 e. The van der Waals surface area contributed by atoms with Crippen molar-refractivity contribution >= 4 is 35.1 Å². The number of para-hydroxylation sites is 1. The monoisotopic (exact) mass is 375 g/mol.